The first-order valence-corrected chi connectivity index (χ1v) is 8.32. The smallest absolute Gasteiger partial charge is 0.354 e. The Morgan fingerprint density at radius 2 is 1.88 bits per heavy atom. The molecule has 0 aliphatic carbocycles. The number of hydrogen-bond acceptors (Lipinski definition) is 4. The van der Waals surface area contributed by atoms with Gasteiger partial charge < -0.3 is 9.84 Å². The Balaban J connectivity index is 1.79. The largest absolute Gasteiger partial charge is 0.477 e. The van der Waals surface area contributed by atoms with Crippen LogP contribution in [0.3, 0.4) is 0 Å². The minimum absolute atomic E-state index is 0.166. The summed E-state index contributed by atoms with van der Waals surface area (Å²) in [5.41, 5.74) is 1.53. The number of carbonyl (C=O) groups is 1. The van der Waals surface area contributed by atoms with Crippen LogP contribution in [0.25, 0.3) is 0 Å². The van der Waals surface area contributed by atoms with E-state index in [1.54, 1.807) is 18.3 Å². The number of aromatic nitrogens is 3. The van der Waals surface area contributed by atoms with E-state index in [0.717, 1.165) is 11.3 Å². The van der Waals surface area contributed by atoms with Gasteiger partial charge in [-0.2, -0.15) is 5.10 Å². The second-order valence-electron chi connectivity index (χ2n) is 7.05. The number of benzene rings is 1. The zero-order chi connectivity index (χ0) is 18.7. The molecule has 2 heterocycles. The van der Waals surface area contributed by atoms with Crippen molar-refractivity contribution in [2.75, 3.05) is 0 Å². The molecule has 1 aromatic carbocycles. The second kappa shape index (κ2) is 7.00. The molecule has 2 aromatic heterocycles. The molecule has 0 radical (unpaired) electrons. The van der Waals surface area contributed by atoms with Crippen LogP contribution >= 0.6 is 0 Å². The summed E-state index contributed by atoms with van der Waals surface area (Å²) in [5.74, 6) is 0.196. The Morgan fingerprint density at radius 3 is 2.46 bits per heavy atom. The van der Waals surface area contributed by atoms with Crippen LogP contribution in [0.4, 0.5) is 0 Å². The van der Waals surface area contributed by atoms with E-state index in [-0.39, 0.29) is 11.1 Å². The average molecular weight is 351 g/mol. The molecule has 0 atom stereocenters. The van der Waals surface area contributed by atoms with E-state index in [2.05, 4.69) is 10.1 Å². The Hall–Kier alpha value is -3.15. The SMILES string of the molecule is CC(C)(C)c1cc(C(=O)O)n(Cc2ccc(Oc3ccccc3)nc2)n1. The molecule has 0 unspecified atom stereocenters. The number of carboxylic acid groups (broad SMARTS) is 1. The standard InChI is InChI=1S/C20H21N3O3/c1-20(2,3)17-11-16(19(24)25)23(22-17)13-14-9-10-18(21-12-14)26-15-7-5-4-6-8-15/h4-12H,13H2,1-3H3,(H,24,25). The average Bonchev–Trinajstić information content (AvgIpc) is 3.02. The molecule has 3 rings (SSSR count). The van der Waals surface area contributed by atoms with Crippen LogP contribution < -0.4 is 4.74 Å². The van der Waals surface area contributed by atoms with Crippen molar-refractivity contribution < 1.29 is 14.6 Å². The van der Waals surface area contributed by atoms with Gasteiger partial charge in [0, 0.05) is 17.7 Å². The first-order valence-electron chi connectivity index (χ1n) is 8.32. The highest BCUT2D eigenvalue weighted by molar-refractivity contribution is 5.85. The summed E-state index contributed by atoms with van der Waals surface area (Å²) in [4.78, 5) is 15.8. The van der Waals surface area contributed by atoms with Gasteiger partial charge in [-0.3, -0.25) is 4.68 Å². The summed E-state index contributed by atoms with van der Waals surface area (Å²) in [6, 6.07) is 14.6. The zero-order valence-corrected chi connectivity index (χ0v) is 15.0. The van der Waals surface area contributed by atoms with Gasteiger partial charge >= 0.3 is 5.97 Å². The molecular formula is C20H21N3O3. The van der Waals surface area contributed by atoms with Gasteiger partial charge in [0.25, 0.3) is 0 Å². The van der Waals surface area contributed by atoms with Crippen LogP contribution in [-0.2, 0) is 12.0 Å². The third-order valence-electron chi connectivity index (χ3n) is 3.86. The number of carboxylic acids is 1. The van der Waals surface area contributed by atoms with Crippen LogP contribution in [0.5, 0.6) is 11.6 Å². The van der Waals surface area contributed by atoms with Gasteiger partial charge in [0.2, 0.25) is 5.88 Å². The quantitative estimate of drug-likeness (QED) is 0.748. The van der Waals surface area contributed by atoms with Crippen molar-refractivity contribution >= 4 is 5.97 Å². The zero-order valence-electron chi connectivity index (χ0n) is 15.0. The molecule has 0 aliphatic heterocycles. The number of aromatic carboxylic acids is 1. The fraction of sp³-hybridized carbons (Fsp3) is 0.250. The lowest BCUT2D eigenvalue weighted by Gasteiger charge is -2.14. The van der Waals surface area contributed by atoms with Crippen molar-refractivity contribution in [1.29, 1.82) is 0 Å². The summed E-state index contributed by atoms with van der Waals surface area (Å²) in [6.45, 7) is 6.34. The molecule has 6 heteroatoms. The number of pyridine rings is 1. The van der Waals surface area contributed by atoms with Crippen LogP contribution in [-0.4, -0.2) is 25.8 Å². The Labute approximate surface area is 152 Å². The topological polar surface area (TPSA) is 77.2 Å². The van der Waals surface area contributed by atoms with Crippen molar-refractivity contribution in [3.63, 3.8) is 0 Å². The first kappa shape index (κ1) is 17.7. The normalized spacial score (nSPS) is 11.3. The maximum Gasteiger partial charge on any atom is 0.354 e. The molecule has 0 saturated carbocycles. The van der Waals surface area contributed by atoms with Gasteiger partial charge in [-0.1, -0.05) is 45.0 Å². The van der Waals surface area contributed by atoms with Crippen LogP contribution in [0.15, 0.2) is 54.7 Å². The summed E-state index contributed by atoms with van der Waals surface area (Å²) < 4.78 is 7.16. The first-order chi connectivity index (χ1) is 12.3. The van der Waals surface area contributed by atoms with Gasteiger partial charge in [-0.15, -0.1) is 0 Å². The van der Waals surface area contributed by atoms with Crippen LogP contribution in [0, 0.1) is 0 Å². The minimum atomic E-state index is -0.995. The summed E-state index contributed by atoms with van der Waals surface area (Å²) in [7, 11) is 0. The predicted octanol–water partition coefficient (Wildman–Crippen LogP) is 4.11. The van der Waals surface area contributed by atoms with Crippen molar-refractivity contribution in [3.05, 3.63) is 71.7 Å². The fourth-order valence-corrected chi connectivity index (χ4v) is 2.42. The van der Waals surface area contributed by atoms with Gasteiger partial charge in [0.15, 0.2) is 0 Å². The van der Waals surface area contributed by atoms with Gasteiger partial charge in [-0.25, -0.2) is 9.78 Å². The van der Waals surface area contributed by atoms with E-state index in [0.29, 0.717) is 18.2 Å². The van der Waals surface area contributed by atoms with E-state index in [1.165, 1.54) is 4.68 Å². The maximum absolute atomic E-state index is 11.5. The molecule has 0 bridgehead atoms. The fourth-order valence-electron chi connectivity index (χ4n) is 2.42. The van der Waals surface area contributed by atoms with Crippen molar-refractivity contribution in [1.82, 2.24) is 14.8 Å². The molecule has 0 amide bonds. The molecule has 26 heavy (non-hydrogen) atoms. The van der Waals surface area contributed by atoms with E-state index < -0.39 is 5.97 Å². The number of hydrogen-bond donors (Lipinski definition) is 1. The summed E-state index contributed by atoms with van der Waals surface area (Å²) in [5, 5.41) is 13.9. The number of rotatable bonds is 5. The van der Waals surface area contributed by atoms with E-state index >= 15 is 0 Å². The molecule has 134 valence electrons. The lowest BCUT2D eigenvalue weighted by Crippen LogP contribution is -2.14. The van der Waals surface area contributed by atoms with E-state index in [4.69, 9.17) is 4.74 Å². The highest BCUT2D eigenvalue weighted by Crippen LogP contribution is 2.23. The van der Waals surface area contributed by atoms with Crippen molar-refractivity contribution in [3.8, 4) is 11.6 Å². The molecule has 0 spiro atoms. The highest BCUT2D eigenvalue weighted by atomic mass is 16.5. The van der Waals surface area contributed by atoms with Gasteiger partial charge in [0.05, 0.1) is 12.2 Å². The lowest BCUT2D eigenvalue weighted by molar-refractivity contribution is 0.0684. The molecular weight excluding hydrogens is 330 g/mol. The monoisotopic (exact) mass is 351 g/mol. The second-order valence-corrected chi connectivity index (χ2v) is 7.05. The maximum atomic E-state index is 11.5. The number of ether oxygens (including phenoxy) is 1. The Morgan fingerprint density at radius 1 is 1.15 bits per heavy atom. The van der Waals surface area contributed by atoms with Gasteiger partial charge in [0.1, 0.15) is 11.4 Å². The lowest BCUT2D eigenvalue weighted by atomic mass is 9.92. The molecule has 3 aromatic rings. The minimum Gasteiger partial charge on any atom is -0.477 e. The molecule has 0 aliphatic rings. The van der Waals surface area contributed by atoms with Crippen molar-refractivity contribution in [2.45, 2.75) is 32.7 Å². The van der Waals surface area contributed by atoms with Gasteiger partial charge in [-0.05, 0) is 23.8 Å². The summed E-state index contributed by atoms with van der Waals surface area (Å²) >= 11 is 0. The predicted molar refractivity (Wildman–Crippen MR) is 97.7 cm³/mol. The molecule has 6 nitrogen and oxygen atoms in total. The van der Waals surface area contributed by atoms with Crippen molar-refractivity contribution in [2.24, 2.45) is 0 Å². The van der Waals surface area contributed by atoms with Crippen LogP contribution in [0.1, 0.15) is 42.5 Å². The Kier molecular flexibility index (Phi) is 4.75. The Bertz CT molecular complexity index is 894. The molecule has 0 saturated heterocycles. The van der Waals surface area contributed by atoms with Crippen LogP contribution in [0.2, 0.25) is 0 Å². The third kappa shape index (κ3) is 4.08. The third-order valence-corrected chi connectivity index (χ3v) is 3.86. The van der Waals surface area contributed by atoms with E-state index in [1.807, 2.05) is 57.2 Å². The highest BCUT2D eigenvalue weighted by Gasteiger charge is 2.22. The number of para-hydroxylation sites is 1. The molecule has 1 N–H and O–H groups in total. The molecule has 0 fully saturated rings. The summed E-state index contributed by atoms with van der Waals surface area (Å²) in [6.07, 6.45) is 1.67. The number of nitrogens with zero attached hydrogens (tertiary/aromatic N) is 3. The van der Waals surface area contributed by atoms with E-state index in [9.17, 15) is 9.90 Å².